The molecule has 0 aliphatic rings. The lowest BCUT2D eigenvalue weighted by atomic mass is 10.2. The molecule has 0 radical (unpaired) electrons. The smallest absolute Gasteiger partial charge is 0.337 e. The number of carbonyl (C=O) groups excluding carboxylic acids is 1. The average molecular weight is 339 g/mol. The first-order chi connectivity index (χ1) is 10.9. The van der Waals surface area contributed by atoms with Crippen molar-refractivity contribution in [1.29, 1.82) is 0 Å². The molecule has 0 unspecified atom stereocenters. The van der Waals surface area contributed by atoms with Gasteiger partial charge in [0.25, 0.3) is 10.0 Å². The van der Waals surface area contributed by atoms with Crippen LogP contribution in [0, 0.1) is 5.82 Å². The van der Waals surface area contributed by atoms with Crippen molar-refractivity contribution in [3.63, 3.8) is 0 Å². The monoisotopic (exact) mass is 339 g/mol. The van der Waals surface area contributed by atoms with Crippen LogP contribution < -0.4 is 9.46 Å². The number of sulfonamides is 1. The molecule has 23 heavy (non-hydrogen) atoms. The summed E-state index contributed by atoms with van der Waals surface area (Å²) < 4.78 is 50.0. The number of hydrogen-bond acceptors (Lipinski definition) is 5. The van der Waals surface area contributed by atoms with E-state index in [4.69, 9.17) is 4.74 Å². The van der Waals surface area contributed by atoms with Crippen LogP contribution in [0.4, 0.5) is 10.1 Å². The van der Waals surface area contributed by atoms with E-state index in [1.54, 1.807) is 0 Å². The minimum Gasteiger partial charge on any atom is -0.495 e. The second-order valence-corrected chi connectivity index (χ2v) is 6.12. The molecule has 0 saturated heterocycles. The van der Waals surface area contributed by atoms with Crippen LogP contribution in [0.2, 0.25) is 0 Å². The normalized spacial score (nSPS) is 10.9. The van der Waals surface area contributed by atoms with Gasteiger partial charge in [-0.1, -0.05) is 6.07 Å². The van der Waals surface area contributed by atoms with E-state index in [1.165, 1.54) is 44.6 Å². The molecule has 0 aliphatic heterocycles. The summed E-state index contributed by atoms with van der Waals surface area (Å²) in [7, 11) is -1.59. The quantitative estimate of drug-likeness (QED) is 0.846. The Morgan fingerprint density at radius 2 is 1.87 bits per heavy atom. The van der Waals surface area contributed by atoms with Crippen LogP contribution in [-0.4, -0.2) is 28.6 Å². The lowest BCUT2D eigenvalue weighted by Crippen LogP contribution is -2.15. The number of rotatable bonds is 5. The van der Waals surface area contributed by atoms with Gasteiger partial charge in [0.15, 0.2) is 0 Å². The third-order valence-electron chi connectivity index (χ3n) is 2.95. The van der Waals surface area contributed by atoms with E-state index in [9.17, 15) is 17.6 Å². The number of nitrogens with one attached hydrogen (secondary N) is 1. The zero-order valence-electron chi connectivity index (χ0n) is 12.4. The fourth-order valence-corrected chi connectivity index (χ4v) is 3.13. The number of carbonyl (C=O) groups is 1. The summed E-state index contributed by atoms with van der Waals surface area (Å²) in [6, 6.07) is 8.90. The molecule has 1 N–H and O–H groups in total. The Morgan fingerprint density at radius 1 is 1.13 bits per heavy atom. The number of benzene rings is 2. The maximum absolute atomic E-state index is 13.4. The number of hydrogen-bond donors (Lipinski definition) is 1. The van der Waals surface area contributed by atoms with Crippen LogP contribution in [0.25, 0.3) is 0 Å². The number of esters is 1. The highest BCUT2D eigenvalue weighted by Crippen LogP contribution is 2.26. The SMILES string of the molecule is COC(=O)c1cccc(NS(=O)(=O)c2cc(F)ccc2OC)c1. The van der Waals surface area contributed by atoms with Gasteiger partial charge in [0.2, 0.25) is 0 Å². The van der Waals surface area contributed by atoms with Crippen LogP contribution in [-0.2, 0) is 14.8 Å². The zero-order valence-corrected chi connectivity index (χ0v) is 13.2. The van der Waals surface area contributed by atoms with Crippen molar-refractivity contribution in [3.8, 4) is 5.75 Å². The number of anilines is 1. The molecule has 0 aromatic heterocycles. The van der Waals surface area contributed by atoms with Crippen molar-refractivity contribution in [3.05, 3.63) is 53.8 Å². The largest absolute Gasteiger partial charge is 0.495 e. The number of halogens is 1. The van der Waals surface area contributed by atoms with E-state index in [2.05, 4.69) is 9.46 Å². The fraction of sp³-hybridized carbons (Fsp3) is 0.133. The van der Waals surface area contributed by atoms with E-state index >= 15 is 0 Å². The van der Waals surface area contributed by atoms with Gasteiger partial charge in [-0.3, -0.25) is 4.72 Å². The topological polar surface area (TPSA) is 81.7 Å². The first-order valence-corrected chi connectivity index (χ1v) is 7.90. The van der Waals surface area contributed by atoms with Crippen LogP contribution in [0.5, 0.6) is 5.75 Å². The molecule has 2 rings (SSSR count). The van der Waals surface area contributed by atoms with Gasteiger partial charge in [-0.25, -0.2) is 17.6 Å². The maximum atomic E-state index is 13.4. The average Bonchev–Trinajstić information content (AvgIpc) is 2.54. The predicted octanol–water partition coefficient (Wildman–Crippen LogP) is 2.42. The van der Waals surface area contributed by atoms with Crippen molar-refractivity contribution in [2.75, 3.05) is 18.9 Å². The lowest BCUT2D eigenvalue weighted by Gasteiger charge is -2.12. The third-order valence-corrected chi connectivity index (χ3v) is 4.35. The van der Waals surface area contributed by atoms with Gasteiger partial charge in [-0.2, -0.15) is 0 Å². The van der Waals surface area contributed by atoms with Gasteiger partial charge < -0.3 is 9.47 Å². The summed E-state index contributed by atoms with van der Waals surface area (Å²) in [4.78, 5) is 11.1. The van der Waals surface area contributed by atoms with Crippen LogP contribution in [0.1, 0.15) is 10.4 Å². The molecule has 0 atom stereocenters. The third kappa shape index (κ3) is 3.78. The molecular formula is C15H14FNO5S. The summed E-state index contributed by atoms with van der Waals surface area (Å²) in [5.41, 5.74) is 0.318. The van der Waals surface area contributed by atoms with Crippen molar-refractivity contribution in [1.82, 2.24) is 0 Å². The van der Waals surface area contributed by atoms with Gasteiger partial charge in [0, 0.05) is 5.69 Å². The minimum absolute atomic E-state index is 0.00280. The van der Waals surface area contributed by atoms with Crippen molar-refractivity contribution in [2.45, 2.75) is 4.90 Å². The Balaban J connectivity index is 2.39. The summed E-state index contributed by atoms with van der Waals surface area (Å²) in [5.74, 6) is -1.31. The Kier molecular flexibility index (Phi) is 4.85. The van der Waals surface area contributed by atoms with Gasteiger partial charge in [0.05, 0.1) is 19.8 Å². The summed E-state index contributed by atoms with van der Waals surface area (Å²) >= 11 is 0. The lowest BCUT2D eigenvalue weighted by molar-refractivity contribution is 0.0601. The minimum atomic E-state index is -4.09. The highest BCUT2D eigenvalue weighted by Gasteiger charge is 2.21. The van der Waals surface area contributed by atoms with Crippen LogP contribution >= 0.6 is 0 Å². The molecule has 6 nitrogen and oxygen atoms in total. The molecule has 0 heterocycles. The second kappa shape index (κ2) is 6.66. The molecule has 122 valence electrons. The van der Waals surface area contributed by atoms with Gasteiger partial charge >= 0.3 is 5.97 Å². The van der Waals surface area contributed by atoms with Crippen molar-refractivity contribution < 1.29 is 27.1 Å². The molecule has 8 heteroatoms. The predicted molar refractivity (Wildman–Crippen MR) is 81.5 cm³/mol. The van der Waals surface area contributed by atoms with Crippen LogP contribution in [0.3, 0.4) is 0 Å². The van der Waals surface area contributed by atoms with E-state index in [0.717, 1.165) is 12.1 Å². The van der Waals surface area contributed by atoms with E-state index in [1.807, 2.05) is 0 Å². The molecule has 2 aromatic carbocycles. The van der Waals surface area contributed by atoms with E-state index in [-0.39, 0.29) is 21.9 Å². The van der Waals surface area contributed by atoms with Gasteiger partial charge in [-0.05, 0) is 36.4 Å². The van der Waals surface area contributed by atoms with Crippen LogP contribution in [0.15, 0.2) is 47.4 Å². The molecule has 0 fully saturated rings. The second-order valence-electron chi connectivity index (χ2n) is 4.47. The summed E-state index contributed by atoms with van der Waals surface area (Å²) in [6.45, 7) is 0. The highest BCUT2D eigenvalue weighted by atomic mass is 32.2. The molecule has 0 saturated carbocycles. The maximum Gasteiger partial charge on any atom is 0.337 e. The molecular weight excluding hydrogens is 325 g/mol. The Morgan fingerprint density at radius 3 is 2.52 bits per heavy atom. The molecule has 0 amide bonds. The first-order valence-electron chi connectivity index (χ1n) is 6.42. The van der Waals surface area contributed by atoms with Gasteiger partial charge in [0.1, 0.15) is 16.5 Å². The first kappa shape index (κ1) is 16.8. The summed E-state index contributed by atoms with van der Waals surface area (Å²) in [6.07, 6.45) is 0. The van der Waals surface area contributed by atoms with E-state index < -0.39 is 21.8 Å². The standard InChI is InChI=1S/C15H14FNO5S/c1-21-13-7-6-11(16)9-14(13)23(19,20)17-12-5-3-4-10(8-12)15(18)22-2/h3-9,17H,1-2H3. The Labute approximate surface area is 132 Å². The highest BCUT2D eigenvalue weighted by molar-refractivity contribution is 7.92. The van der Waals surface area contributed by atoms with Crippen molar-refractivity contribution in [2.24, 2.45) is 0 Å². The summed E-state index contributed by atoms with van der Waals surface area (Å²) in [5, 5.41) is 0. The molecule has 2 aromatic rings. The van der Waals surface area contributed by atoms with E-state index in [0.29, 0.717) is 0 Å². The number of ether oxygens (including phenoxy) is 2. The Hall–Kier alpha value is -2.61. The fourth-order valence-electron chi connectivity index (χ4n) is 1.90. The van der Waals surface area contributed by atoms with Crippen molar-refractivity contribution >= 4 is 21.7 Å². The molecule has 0 aliphatic carbocycles. The van der Waals surface area contributed by atoms with Gasteiger partial charge in [-0.15, -0.1) is 0 Å². The zero-order chi connectivity index (χ0) is 17.0. The Bertz CT molecular complexity index is 836. The molecule has 0 spiro atoms. The number of methoxy groups -OCH3 is 2. The molecule has 0 bridgehead atoms.